The summed E-state index contributed by atoms with van der Waals surface area (Å²) in [4.78, 5) is 25.8. The molecule has 10 atom stereocenters. The van der Waals surface area contributed by atoms with Crippen LogP contribution < -0.4 is 5.32 Å². The van der Waals surface area contributed by atoms with Crippen LogP contribution in [0.15, 0.2) is 121 Å². The van der Waals surface area contributed by atoms with Gasteiger partial charge in [-0.05, 0) is 42.7 Å². The van der Waals surface area contributed by atoms with Crippen LogP contribution >= 0.6 is 0 Å². The maximum Gasteiger partial charge on any atom is 0.407 e. The summed E-state index contributed by atoms with van der Waals surface area (Å²) < 4.78 is 48.6. The van der Waals surface area contributed by atoms with Crippen molar-refractivity contribution < 1.29 is 57.7 Å². The van der Waals surface area contributed by atoms with Crippen LogP contribution in [-0.2, 0) is 57.7 Å². The molecule has 2 aliphatic heterocycles. The molecule has 3 N–H and O–H groups in total. The first-order valence-electron chi connectivity index (χ1n) is 18.7. The number of rotatable bonds is 16. The van der Waals surface area contributed by atoms with Gasteiger partial charge in [0.2, 0.25) is 0 Å². The lowest BCUT2D eigenvalue weighted by Crippen LogP contribution is -2.64. The van der Waals surface area contributed by atoms with Gasteiger partial charge in [-0.15, -0.1) is 0 Å². The Balaban J connectivity index is 1.18. The Hall–Kier alpha value is -4.70. The molecule has 0 saturated carbocycles. The maximum absolute atomic E-state index is 13.4. The van der Waals surface area contributed by atoms with E-state index in [1.165, 1.54) is 0 Å². The average molecular weight is 772 g/mol. The molecule has 13 nitrogen and oxygen atoms in total. The quantitative estimate of drug-likeness (QED) is 0.104. The minimum absolute atomic E-state index is 0.0477. The first-order valence-corrected chi connectivity index (χ1v) is 18.7. The molecule has 2 aliphatic rings. The van der Waals surface area contributed by atoms with Gasteiger partial charge in [0.25, 0.3) is 0 Å². The summed E-state index contributed by atoms with van der Waals surface area (Å²) in [5.41, 5.74) is 2.85. The third-order valence-electron chi connectivity index (χ3n) is 9.49. The molecule has 0 bridgehead atoms. The second-order valence-electron chi connectivity index (χ2n) is 13.6. The number of benzene rings is 4. The summed E-state index contributed by atoms with van der Waals surface area (Å²) in [6.07, 6.45) is -11.9. The highest BCUT2D eigenvalue weighted by molar-refractivity contribution is 5.89. The monoisotopic (exact) mass is 771 g/mol. The Kier molecular flexibility index (Phi) is 15.0. The molecule has 4 aromatic carbocycles. The summed E-state index contributed by atoms with van der Waals surface area (Å²) in [6, 6.07) is 36.5. The van der Waals surface area contributed by atoms with Gasteiger partial charge in [0, 0.05) is 6.54 Å². The van der Waals surface area contributed by atoms with Crippen LogP contribution in [0.1, 0.15) is 40.9 Å². The molecule has 13 heteroatoms. The van der Waals surface area contributed by atoms with Crippen molar-refractivity contribution in [3.05, 3.63) is 144 Å². The number of hydrogen-bond acceptors (Lipinski definition) is 12. The number of hydrogen-bond donors (Lipinski definition) is 3. The summed E-state index contributed by atoms with van der Waals surface area (Å²) in [6.45, 7) is 3.89. The predicted molar refractivity (Wildman–Crippen MR) is 202 cm³/mol. The van der Waals surface area contributed by atoms with E-state index in [0.717, 1.165) is 16.7 Å². The first-order chi connectivity index (χ1) is 27.3. The molecular weight excluding hydrogens is 722 g/mol. The lowest BCUT2D eigenvalue weighted by Gasteiger charge is -2.47. The summed E-state index contributed by atoms with van der Waals surface area (Å²) in [5.74, 6) is -0.723. The van der Waals surface area contributed by atoms with Gasteiger partial charge in [-0.3, -0.25) is 0 Å². The molecule has 0 radical (unpaired) electrons. The van der Waals surface area contributed by atoms with Crippen molar-refractivity contribution in [3.63, 3.8) is 0 Å². The number of carbonyl (C=O) groups is 2. The lowest BCUT2D eigenvalue weighted by molar-refractivity contribution is -0.366. The van der Waals surface area contributed by atoms with Crippen LogP contribution in [0.2, 0.25) is 0 Å². The number of alkyl carbamates (subject to hydrolysis) is 1. The average Bonchev–Trinajstić information content (AvgIpc) is 3.22. The minimum Gasteiger partial charge on any atom is -0.450 e. The fraction of sp³-hybridized carbons (Fsp3) is 0.395. The maximum atomic E-state index is 13.4. The summed E-state index contributed by atoms with van der Waals surface area (Å²) in [5, 5.41) is 26.3. The number of nitrogens with one attached hydrogen (secondary N) is 1. The molecule has 0 aromatic heterocycles. The summed E-state index contributed by atoms with van der Waals surface area (Å²) in [7, 11) is 0. The fourth-order valence-electron chi connectivity index (χ4n) is 6.52. The third kappa shape index (κ3) is 11.2. The molecule has 0 aliphatic carbocycles. The molecule has 298 valence electrons. The SMILES string of the molecule is C[C@@H]1O[C@@H](O[C@H]2[C@H](OCCNC(=O)OCc3ccccc3)O[C@@H](C)[C@H](OCc3ccccc3)[C@H]2O)[C@H](OC(=O)c2ccccc2)[C@H](O)[C@H]1OCc1ccccc1. The summed E-state index contributed by atoms with van der Waals surface area (Å²) >= 11 is 0. The van der Waals surface area contributed by atoms with E-state index in [1.54, 1.807) is 44.2 Å². The lowest BCUT2D eigenvalue weighted by atomic mass is 9.97. The Labute approximate surface area is 326 Å². The number of carbonyl (C=O) groups excluding carboxylic acids is 2. The fourth-order valence-corrected chi connectivity index (χ4v) is 6.52. The predicted octanol–water partition coefficient (Wildman–Crippen LogP) is 4.92. The van der Waals surface area contributed by atoms with Crippen LogP contribution in [-0.4, -0.2) is 96.8 Å². The largest absolute Gasteiger partial charge is 0.450 e. The van der Waals surface area contributed by atoms with E-state index in [0.29, 0.717) is 0 Å². The topological polar surface area (TPSA) is 160 Å². The van der Waals surface area contributed by atoms with Crippen molar-refractivity contribution >= 4 is 12.1 Å². The number of ether oxygens (including phenoxy) is 8. The van der Waals surface area contributed by atoms with E-state index in [4.69, 9.17) is 37.9 Å². The Morgan fingerprint density at radius 3 is 1.59 bits per heavy atom. The highest BCUT2D eigenvalue weighted by atomic mass is 16.8. The molecule has 0 spiro atoms. The zero-order chi connectivity index (χ0) is 39.3. The Bertz CT molecular complexity index is 1770. The van der Waals surface area contributed by atoms with Crippen molar-refractivity contribution in [3.8, 4) is 0 Å². The van der Waals surface area contributed by atoms with Gasteiger partial charge in [-0.1, -0.05) is 109 Å². The zero-order valence-corrected chi connectivity index (χ0v) is 31.3. The molecule has 6 rings (SSSR count). The second kappa shape index (κ2) is 20.5. The van der Waals surface area contributed by atoms with Crippen LogP contribution in [0, 0.1) is 0 Å². The highest BCUT2D eigenvalue weighted by Gasteiger charge is 2.52. The molecule has 0 unspecified atom stereocenters. The van der Waals surface area contributed by atoms with E-state index in [-0.39, 0.29) is 38.5 Å². The number of amides is 1. The van der Waals surface area contributed by atoms with Crippen LogP contribution in [0.5, 0.6) is 0 Å². The van der Waals surface area contributed by atoms with Crippen molar-refractivity contribution in [2.24, 2.45) is 0 Å². The number of esters is 1. The van der Waals surface area contributed by atoms with Crippen molar-refractivity contribution in [2.45, 2.75) is 95.1 Å². The van der Waals surface area contributed by atoms with Gasteiger partial charge in [0.05, 0.1) is 37.6 Å². The molecule has 2 saturated heterocycles. The van der Waals surface area contributed by atoms with Gasteiger partial charge in [0.15, 0.2) is 18.7 Å². The normalized spacial score (nSPS) is 27.6. The van der Waals surface area contributed by atoms with E-state index in [1.807, 2.05) is 91.0 Å². The standard InChI is InChI=1S/C43H49NO12/c1-28-36(50-25-30-15-7-3-8-16-30)34(45)38(41(53-28)49-24-23-44-43(48)52-27-32-19-11-5-12-20-32)56-42-39(55-40(47)33-21-13-6-14-22-33)35(46)37(29(2)54-42)51-26-31-17-9-4-10-18-31/h3-22,28-29,34-39,41-42,45-46H,23-27H2,1-2H3,(H,44,48)/t28-,29-,34+,35+,36-,37-,38+,39+,41+,42-/m0/s1. The van der Waals surface area contributed by atoms with E-state index >= 15 is 0 Å². The molecule has 56 heavy (non-hydrogen) atoms. The van der Waals surface area contributed by atoms with Gasteiger partial charge < -0.3 is 53.4 Å². The van der Waals surface area contributed by atoms with E-state index in [2.05, 4.69) is 5.32 Å². The Morgan fingerprint density at radius 1 is 0.589 bits per heavy atom. The minimum atomic E-state index is -1.41. The van der Waals surface area contributed by atoms with Crippen LogP contribution in [0.3, 0.4) is 0 Å². The van der Waals surface area contributed by atoms with Crippen molar-refractivity contribution in [1.29, 1.82) is 0 Å². The molecule has 2 fully saturated rings. The molecule has 4 aromatic rings. The van der Waals surface area contributed by atoms with Crippen molar-refractivity contribution in [2.75, 3.05) is 13.2 Å². The van der Waals surface area contributed by atoms with Gasteiger partial charge in [-0.25, -0.2) is 9.59 Å². The smallest absolute Gasteiger partial charge is 0.407 e. The number of aliphatic hydroxyl groups excluding tert-OH is 2. The van der Waals surface area contributed by atoms with E-state index < -0.39 is 73.5 Å². The highest BCUT2D eigenvalue weighted by Crippen LogP contribution is 2.33. The van der Waals surface area contributed by atoms with Gasteiger partial charge in [0.1, 0.15) is 37.1 Å². The van der Waals surface area contributed by atoms with E-state index in [9.17, 15) is 19.8 Å². The van der Waals surface area contributed by atoms with Crippen LogP contribution in [0.25, 0.3) is 0 Å². The molecular formula is C43H49NO12. The van der Waals surface area contributed by atoms with Crippen molar-refractivity contribution in [1.82, 2.24) is 5.32 Å². The third-order valence-corrected chi connectivity index (χ3v) is 9.49. The number of aliphatic hydroxyl groups is 2. The Morgan fingerprint density at radius 2 is 1.05 bits per heavy atom. The molecule has 2 heterocycles. The van der Waals surface area contributed by atoms with Gasteiger partial charge >= 0.3 is 12.1 Å². The molecule has 1 amide bonds. The second-order valence-corrected chi connectivity index (χ2v) is 13.6. The van der Waals surface area contributed by atoms with Crippen LogP contribution in [0.4, 0.5) is 4.79 Å². The van der Waals surface area contributed by atoms with Gasteiger partial charge in [-0.2, -0.15) is 0 Å². The zero-order valence-electron chi connectivity index (χ0n) is 31.3. The first kappa shape index (κ1) is 40.9.